The average molecular weight is 327 g/mol. The van der Waals surface area contributed by atoms with E-state index in [0.717, 1.165) is 29.2 Å². The molecule has 4 nitrogen and oxygen atoms in total. The van der Waals surface area contributed by atoms with Crippen molar-refractivity contribution in [3.63, 3.8) is 0 Å². The average Bonchev–Trinajstić information content (AvgIpc) is 2.92. The molecule has 0 aromatic carbocycles. The summed E-state index contributed by atoms with van der Waals surface area (Å²) in [5, 5.41) is 6.19. The van der Waals surface area contributed by atoms with Crippen LogP contribution in [0.25, 0.3) is 10.7 Å². The molecule has 1 N–H and O–H groups in total. The van der Waals surface area contributed by atoms with Gasteiger partial charge in [0.15, 0.2) is 0 Å². The van der Waals surface area contributed by atoms with Crippen LogP contribution in [-0.4, -0.2) is 21.4 Å². The number of amides is 1. The van der Waals surface area contributed by atoms with Crippen molar-refractivity contribution in [3.05, 3.63) is 35.5 Å². The summed E-state index contributed by atoms with van der Waals surface area (Å²) in [6.45, 7) is 0. The first-order chi connectivity index (χ1) is 11.3. The topological polar surface area (TPSA) is 54.9 Å². The summed E-state index contributed by atoms with van der Waals surface area (Å²) >= 11 is 1.55. The van der Waals surface area contributed by atoms with Gasteiger partial charge in [0.1, 0.15) is 5.01 Å². The maximum Gasteiger partial charge on any atom is 0.226 e. The number of nitrogens with zero attached hydrogens (tertiary/aromatic N) is 2. The number of carbonyl (C=O) groups excluding carboxylic acids is 1. The van der Waals surface area contributed by atoms with Crippen molar-refractivity contribution in [2.75, 3.05) is 0 Å². The second-order valence-electron chi connectivity index (χ2n) is 6.72. The zero-order valence-electron chi connectivity index (χ0n) is 13.1. The van der Waals surface area contributed by atoms with Crippen LogP contribution in [0, 0.1) is 5.92 Å². The standard InChI is InChI=1S/C18H21N3OS/c22-16(21-18(8-4-9-18)13-5-3-6-13)11-14-12-23-17(20-14)15-7-1-2-10-19-15/h1-2,7,10,12-13H,3-6,8-9,11H2,(H,21,22). The monoisotopic (exact) mass is 327 g/mol. The molecule has 1 amide bonds. The molecule has 2 heterocycles. The van der Waals surface area contributed by atoms with Gasteiger partial charge in [-0.2, -0.15) is 0 Å². The van der Waals surface area contributed by atoms with Crippen LogP contribution in [0.3, 0.4) is 0 Å². The molecule has 120 valence electrons. The van der Waals surface area contributed by atoms with Gasteiger partial charge in [-0.3, -0.25) is 9.78 Å². The second-order valence-corrected chi connectivity index (χ2v) is 7.58. The Morgan fingerprint density at radius 2 is 2.17 bits per heavy atom. The first-order valence-corrected chi connectivity index (χ1v) is 9.30. The van der Waals surface area contributed by atoms with E-state index >= 15 is 0 Å². The Hall–Kier alpha value is -1.75. The Balaban J connectivity index is 1.40. The number of hydrogen-bond acceptors (Lipinski definition) is 4. The molecule has 2 aliphatic rings. The molecule has 2 aromatic heterocycles. The first kappa shape index (κ1) is 14.8. The van der Waals surface area contributed by atoms with E-state index in [1.54, 1.807) is 17.5 Å². The van der Waals surface area contributed by atoms with Crippen LogP contribution < -0.4 is 5.32 Å². The van der Waals surface area contributed by atoms with E-state index in [9.17, 15) is 4.79 Å². The molecule has 0 aliphatic heterocycles. The van der Waals surface area contributed by atoms with E-state index in [1.165, 1.54) is 25.7 Å². The molecule has 2 fully saturated rings. The molecule has 2 aromatic rings. The van der Waals surface area contributed by atoms with Gasteiger partial charge in [-0.1, -0.05) is 12.5 Å². The third-order valence-electron chi connectivity index (χ3n) is 5.30. The molecule has 23 heavy (non-hydrogen) atoms. The van der Waals surface area contributed by atoms with Crippen molar-refractivity contribution in [2.24, 2.45) is 5.92 Å². The predicted octanol–water partition coefficient (Wildman–Crippen LogP) is 3.59. The minimum atomic E-state index is 0.106. The van der Waals surface area contributed by atoms with E-state index in [1.807, 2.05) is 23.6 Å². The van der Waals surface area contributed by atoms with Crippen molar-refractivity contribution >= 4 is 17.2 Å². The zero-order chi connectivity index (χ0) is 15.7. The summed E-state index contributed by atoms with van der Waals surface area (Å²) in [4.78, 5) is 21.3. The molecule has 2 aliphatic carbocycles. The molecule has 4 rings (SSSR count). The van der Waals surface area contributed by atoms with Gasteiger partial charge in [0.05, 0.1) is 17.8 Å². The number of carbonyl (C=O) groups is 1. The molecule has 0 bridgehead atoms. The SMILES string of the molecule is O=C(Cc1csc(-c2ccccn2)n1)NC1(C2CCC2)CCC1. The number of rotatable bonds is 5. The summed E-state index contributed by atoms with van der Waals surface area (Å²) in [7, 11) is 0. The molecule has 5 heteroatoms. The second kappa shape index (κ2) is 6.04. The highest BCUT2D eigenvalue weighted by Gasteiger charge is 2.47. The van der Waals surface area contributed by atoms with E-state index in [-0.39, 0.29) is 11.4 Å². The highest BCUT2D eigenvalue weighted by Crippen LogP contribution is 2.47. The molecule has 0 spiro atoms. The van der Waals surface area contributed by atoms with Gasteiger partial charge in [-0.05, 0) is 50.2 Å². The van der Waals surface area contributed by atoms with Crippen LogP contribution in [0.2, 0.25) is 0 Å². The zero-order valence-corrected chi connectivity index (χ0v) is 13.9. The van der Waals surface area contributed by atoms with Crippen LogP contribution in [-0.2, 0) is 11.2 Å². The Kier molecular flexibility index (Phi) is 3.89. The molecule has 0 atom stereocenters. The fraction of sp³-hybridized carbons (Fsp3) is 0.500. The lowest BCUT2D eigenvalue weighted by atomic mass is 9.61. The Bertz CT molecular complexity index is 689. The van der Waals surface area contributed by atoms with Gasteiger partial charge < -0.3 is 5.32 Å². The van der Waals surface area contributed by atoms with Gasteiger partial charge in [-0.25, -0.2) is 4.98 Å². The molecule has 0 radical (unpaired) electrons. The highest BCUT2D eigenvalue weighted by atomic mass is 32.1. The maximum atomic E-state index is 12.4. The summed E-state index contributed by atoms with van der Waals surface area (Å²) in [5.74, 6) is 0.828. The quantitative estimate of drug-likeness (QED) is 0.913. The summed E-state index contributed by atoms with van der Waals surface area (Å²) in [6.07, 6.45) is 9.57. The van der Waals surface area contributed by atoms with E-state index in [4.69, 9.17) is 0 Å². The largest absolute Gasteiger partial charge is 0.350 e. The fourth-order valence-electron chi connectivity index (χ4n) is 3.64. The number of aromatic nitrogens is 2. The number of nitrogens with one attached hydrogen (secondary N) is 1. The van der Waals surface area contributed by atoms with Gasteiger partial charge in [0, 0.05) is 17.1 Å². The van der Waals surface area contributed by atoms with Crippen molar-refractivity contribution in [1.29, 1.82) is 0 Å². The van der Waals surface area contributed by atoms with Crippen molar-refractivity contribution in [2.45, 2.75) is 50.5 Å². The van der Waals surface area contributed by atoms with Crippen LogP contribution in [0.15, 0.2) is 29.8 Å². The predicted molar refractivity (Wildman–Crippen MR) is 91.1 cm³/mol. The van der Waals surface area contributed by atoms with E-state index < -0.39 is 0 Å². The molecule has 0 saturated heterocycles. The molecular formula is C18H21N3OS. The lowest BCUT2D eigenvalue weighted by Gasteiger charge is -2.52. The third kappa shape index (κ3) is 2.90. The minimum absolute atomic E-state index is 0.106. The number of pyridine rings is 1. The Morgan fingerprint density at radius 3 is 2.78 bits per heavy atom. The van der Waals surface area contributed by atoms with Gasteiger partial charge in [0.2, 0.25) is 5.91 Å². The maximum absolute atomic E-state index is 12.4. The summed E-state index contributed by atoms with van der Waals surface area (Å²) in [6, 6.07) is 5.79. The molecule has 2 saturated carbocycles. The number of thiazole rings is 1. The van der Waals surface area contributed by atoms with Crippen LogP contribution in [0.4, 0.5) is 0 Å². The Labute approximate surface area is 140 Å². The lowest BCUT2D eigenvalue weighted by molar-refractivity contribution is -0.125. The lowest BCUT2D eigenvalue weighted by Crippen LogP contribution is -2.60. The van der Waals surface area contributed by atoms with Crippen LogP contribution >= 0.6 is 11.3 Å². The van der Waals surface area contributed by atoms with Crippen molar-refractivity contribution in [3.8, 4) is 10.7 Å². The van der Waals surface area contributed by atoms with Gasteiger partial charge >= 0.3 is 0 Å². The first-order valence-electron chi connectivity index (χ1n) is 8.42. The highest BCUT2D eigenvalue weighted by molar-refractivity contribution is 7.13. The summed E-state index contributed by atoms with van der Waals surface area (Å²) in [5.41, 5.74) is 1.82. The van der Waals surface area contributed by atoms with Crippen LogP contribution in [0.1, 0.15) is 44.2 Å². The van der Waals surface area contributed by atoms with Gasteiger partial charge in [-0.15, -0.1) is 11.3 Å². The van der Waals surface area contributed by atoms with Crippen LogP contribution in [0.5, 0.6) is 0 Å². The third-order valence-corrected chi connectivity index (χ3v) is 6.21. The Morgan fingerprint density at radius 1 is 1.30 bits per heavy atom. The van der Waals surface area contributed by atoms with Crippen molar-refractivity contribution < 1.29 is 4.79 Å². The fourth-order valence-corrected chi connectivity index (χ4v) is 4.43. The molecule has 0 unspecified atom stereocenters. The normalized spacial score (nSPS) is 19.7. The van der Waals surface area contributed by atoms with Gasteiger partial charge in [0.25, 0.3) is 0 Å². The summed E-state index contributed by atoms with van der Waals surface area (Å²) < 4.78 is 0. The van der Waals surface area contributed by atoms with E-state index in [0.29, 0.717) is 12.3 Å². The minimum Gasteiger partial charge on any atom is -0.350 e. The van der Waals surface area contributed by atoms with E-state index in [2.05, 4.69) is 15.3 Å². The number of hydrogen-bond donors (Lipinski definition) is 1. The smallest absolute Gasteiger partial charge is 0.226 e. The molecular weight excluding hydrogens is 306 g/mol. The van der Waals surface area contributed by atoms with Crippen molar-refractivity contribution in [1.82, 2.24) is 15.3 Å².